The predicted octanol–water partition coefficient (Wildman–Crippen LogP) is 3.18. The molecule has 3 aromatic rings. The van der Waals surface area contributed by atoms with Gasteiger partial charge in [-0.2, -0.15) is 4.98 Å². The summed E-state index contributed by atoms with van der Waals surface area (Å²) < 4.78 is 5.40. The number of nitrogens with zero attached hydrogens (tertiary/aromatic N) is 5. The van der Waals surface area contributed by atoms with Gasteiger partial charge in [0, 0.05) is 55.6 Å². The lowest BCUT2D eigenvalue weighted by Crippen LogP contribution is -2.40. The van der Waals surface area contributed by atoms with Crippen molar-refractivity contribution in [1.82, 2.24) is 25.4 Å². The Bertz CT molecular complexity index is 980. The smallest absolute Gasteiger partial charge is 0.258 e. The number of hydrogen-bond acceptors (Lipinski definition) is 7. The SMILES string of the molecule is CC(C)c1noc(-c2ccnc(N3CCC(C(=O)NCc4cccnc4)CC3)c2)n1. The van der Waals surface area contributed by atoms with Gasteiger partial charge in [-0.25, -0.2) is 4.98 Å². The summed E-state index contributed by atoms with van der Waals surface area (Å²) in [4.78, 5) is 27.8. The molecule has 1 fully saturated rings. The zero-order valence-corrected chi connectivity index (χ0v) is 17.3. The quantitative estimate of drug-likeness (QED) is 0.671. The third-order valence-electron chi connectivity index (χ3n) is 5.33. The summed E-state index contributed by atoms with van der Waals surface area (Å²) in [6, 6.07) is 7.68. The average molecular weight is 406 g/mol. The largest absolute Gasteiger partial charge is 0.357 e. The van der Waals surface area contributed by atoms with E-state index in [2.05, 4.69) is 30.3 Å². The van der Waals surface area contributed by atoms with Crippen LogP contribution >= 0.6 is 0 Å². The summed E-state index contributed by atoms with van der Waals surface area (Å²) in [6.07, 6.45) is 6.85. The van der Waals surface area contributed by atoms with Crippen molar-refractivity contribution in [1.29, 1.82) is 0 Å². The third-order valence-corrected chi connectivity index (χ3v) is 5.33. The van der Waals surface area contributed by atoms with E-state index < -0.39 is 0 Å². The van der Waals surface area contributed by atoms with Crippen LogP contribution in [0.1, 0.15) is 44.0 Å². The maximum atomic E-state index is 12.5. The van der Waals surface area contributed by atoms with Crippen molar-refractivity contribution < 1.29 is 9.32 Å². The molecular formula is C22H26N6O2. The summed E-state index contributed by atoms with van der Waals surface area (Å²) in [5.74, 6) is 2.41. The standard InChI is InChI=1S/C22H26N6O2/c1-15(2)20-26-22(30-27-20)18-5-9-24-19(12-18)28-10-6-17(7-11-28)21(29)25-14-16-4-3-8-23-13-16/h3-5,8-9,12-13,15,17H,6-7,10-11,14H2,1-2H3,(H,25,29). The number of carbonyl (C=O) groups excluding carboxylic acids is 1. The minimum Gasteiger partial charge on any atom is -0.357 e. The first-order chi connectivity index (χ1) is 14.6. The monoisotopic (exact) mass is 406 g/mol. The number of aromatic nitrogens is 4. The highest BCUT2D eigenvalue weighted by molar-refractivity contribution is 5.79. The molecule has 0 bridgehead atoms. The lowest BCUT2D eigenvalue weighted by Gasteiger charge is -2.32. The number of pyridine rings is 2. The van der Waals surface area contributed by atoms with Gasteiger partial charge in [0.2, 0.25) is 5.91 Å². The zero-order valence-electron chi connectivity index (χ0n) is 17.3. The molecule has 8 nitrogen and oxygen atoms in total. The molecule has 1 amide bonds. The molecule has 0 aliphatic carbocycles. The number of piperidine rings is 1. The summed E-state index contributed by atoms with van der Waals surface area (Å²) >= 11 is 0. The van der Waals surface area contributed by atoms with E-state index in [1.807, 2.05) is 38.1 Å². The molecule has 1 aliphatic heterocycles. The van der Waals surface area contributed by atoms with E-state index >= 15 is 0 Å². The van der Waals surface area contributed by atoms with E-state index in [9.17, 15) is 4.79 Å². The maximum absolute atomic E-state index is 12.5. The van der Waals surface area contributed by atoms with Crippen LogP contribution in [0, 0.1) is 5.92 Å². The minimum atomic E-state index is 0.0191. The molecule has 0 aromatic carbocycles. The van der Waals surface area contributed by atoms with Gasteiger partial charge < -0.3 is 14.7 Å². The van der Waals surface area contributed by atoms with E-state index in [1.165, 1.54) is 0 Å². The number of hydrogen-bond donors (Lipinski definition) is 1. The second-order valence-electron chi connectivity index (χ2n) is 7.86. The van der Waals surface area contributed by atoms with Gasteiger partial charge in [-0.05, 0) is 36.6 Å². The molecule has 0 atom stereocenters. The molecule has 4 rings (SSSR count). The Balaban J connectivity index is 1.34. The van der Waals surface area contributed by atoms with Crippen LogP contribution in [0.2, 0.25) is 0 Å². The maximum Gasteiger partial charge on any atom is 0.258 e. The topological polar surface area (TPSA) is 97.0 Å². The Morgan fingerprint density at radius 1 is 1.27 bits per heavy atom. The van der Waals surface area contributed by atoms with E-state index in [4.69, 9.17) is 4.52 Å². The van der Waals surface area contributed by atoms with E-state index in [-0.39, 0.29) is 17.7 Å². The summed E-state index contributed by atoms with van der Waals surface area (Å²) in [6.45, 7) is 6.14. The molecular weight excluding hydrogens is 380 g/mol. The molecule has 156 valence electrons. The van der Waals surface area contributed by atoms with Crippen LogP contribution in [-0.2, 0) is 11.3 Å². The first kappa shape index (κ1) is 20.0. The minimum absolute atomic E-state index is 0.0191. The van der Waals surface area contributed by atoms with Gasteiger partial charge in [-0.15, -0.1) is 0 Å². The van der Waals surface area contributed by atoms with Gasteiger partial charge in [0.05, 0.1) is 0 Å². The predicted molar refractivity (Wildman–Crippen MR) is 113 cm³/mol. The lowest BCUT2D eigenvalue weighted by molar-refractivity contribution is -0.125. The summed E-state index contributed by atoms with van der Waals surface area (Å²) in [5.41, 5.74) is 1.86. The molecule has 4 heterocycles. The van der Waals surface area contributed by atoms with Gasteiger partial charge in [0.15, 0.2) is 5.82 Å². The van der Waals surface area contributed by atoms with Gasteiger partial charge in [-0.3, -0.25) is 9.78 Å². The van der Waals surface area contributed by atoms with Crippen LogP contribution in [0.4, 0.5) is 5.82 Å². The normalized spacial score (nSPS) is 14.8. The molecule has 0 unspecified atom stereocenters. The van der Waals surface area contributed by atoms with Crippen LogP contribution in [-0.4, -0.2) is 39.1 Å². The molecule has 8 heteroatoms. The first-order valence-electron chi connectivity index (χ1n) is 10.3. The van der Waals surface area contributed by atoms with Crippen LogP contribution in [0.15, 0.2) is 47.4 Å². The van der Waals surface area contributed by atoms with Crippen molar-refractivity contribution in [3.05, 3.63) is 54.2 Å². The van der Waals surface area contributed by atoms with E-state index in [0.29, 0.717) is 18.3 Å². The molecule has 0 spiro atoms. The zero-order chi connectivity index (χ0) is 20.9. The highest BCUT2D eigenvalue weighted by Gasteiger charge is 2.26. The van der Waals surface area contributed by atoms with Crippen molar-refractivity contribution in [2.75, 3.05) is 18.0 Å². The molecule has 0 saturated carbocycles. The summed E-state index contributed by atoms with van der Waals surface area (Å²) in [7, 11) is 0. The Labute approximate surface area is 175 Å². The van der Waals surface area contributed by atoms with Crippen molar-refractivity contribution >= 4 is 11.7 Å². The number of carbonyl (C=O) groups is 1. The van der Waals surface area contributed by atoms with Crippen LogP contribution in [0.5, 0.6) is 0 Å². The van der Waals surface area contributed by atoms with Crippen molar-refractivity contribution in [3.8, 4) is 11.5 Å². The molecule has 1 N–H and O–H groups in total. The van der Waals surface area contributed by atoms with Gasteiger partial charge in [0.25, 0.3) is 5.89 Å². The fraction of sp³-hybridized carbons (Fsp3) is 0.409. The highest BCUT2D eigenvalue weighted by atomic mass is 16.5. The van der Waals surface area contributed by atoms with Gasteiger partial charge in [-0.1, -0.05) is 25.1 Å². The summed E-state index contributed by atoms with van der Waals surface area (Å²) in [5, 5.41) is 7.06. The number of amides is 1. The molecule has 0 radical (unpaired) electrons. The fourth-order valence-corrected chi connectivity index (χ4v) is 3.52. The Kier molecular flexibility index (Phi) is 6.02. The van der Waals surface area contributed by atoms with Crippen molar-refractivity contribution in [2.24, 2.45) is 5.92 Å². The Morgan fingerprint density at radius 2 is 2.10 bits per heavy atom. The fourth-order valence-electron chi connectivity index (χ4n) is 3.52. The van der Waals surface area contributed by atoms with Crippen molar-refractivity contribution in [2.45, 2.75) is 39.2 Å². The van der Waals surface area contributed by atoms with Crippen LogP contribution < -0.4 is 10.2 Å². The van der Waals surface area contributed by atoms with E-state index in [1.54, 1.807) is 18.6 Å². The number of rotatable bonds is 6. The van der Waals surface area contributed by atoms with Crippen LogP contribution in [0.25, 0.3) is 11.5 Å². The first-order valence-corrected chi connectivity index (χ1v) is 10.3. The van der Waals surface area contributed by atoms with Crippen molar-refractivity contribution in [3.63, 3.8) is 0 Å². The average Bonchev–Trinajstić information content (AvgIpc) is 3.29. The van der Waals surface area contributed by atoms with Gasteiger partial charge >= 0.3 is 0 Å². The molecule has 3 aromatic heterocycles. The van der Waals surface area contributed by atoms with E-state index in [0.717, 1.165) is 42.9 Å². The Hall–Kier alpha value is -3.29. The lowest BCUT2D eigenvalue weighted by atomic mass is 9.95. The number of anilines is 1. The molecule has 1 aliphatic rings. The second kappa shape index (κ2) is 9.02. The van der Waals surface area contributed by atoms with Crippen LogP contribution in [0.3, 0.4) is 0 Å². The number of nitrogens with one attached hydrogen (secondary N) is 1. The second-order valence-corrected chi connectivity index (χ2v) is 7.86. The molecule has 1 saturated heterocycles. The molecule has 30 heavy (non-hydrogen) atoms. The third kappa shape index (κ3) is 4.64. The Morgan fingerprint density at radius 3 is 2.80 bits per heavy atom. The highest BCUT2D eigenvalue weighted by Crippen LogP contribution is 2.26. The van der Waals surface area contributed by atoms with Gasteiger partial charge in [0.1, 0.15) is 5.82 Å².